The average Bonchev–Trinajstić information content (AvgIpc) is 3.29. The Morgan fingerprint density at radius 3 is 2.75 bits per heavy atom. The number of aryl methyl sites for hydroxylation is 1. The molecule has 6 heteroatoms. The predicted molar refractivity (Wildman–Crippen MR) is 111 cm³/mol. The van der Waals surface area contributed by atoms with Crippen molar-refractivity contribution in [2.24, 2.45) is 17.8 Å². The number of hydrogen-bond acceptors (Lipinski definition) is 3. The predicted octanol–water partition coefficient (Wildman–Crippen LogP) is 4.26. The second kappa shape index (κ2) is 7.36. The van der Waals surface area contributed by atoms with Crippen molar-refractivity contribution < 1.29 is 4.79 Å². The molecule has 4 rings (SSSR count). The smallest absolute Gasteiger partial charge is 0.267 e. The molecule has 2 aliphatic carbocycles. The number of H-pyrrole nitrogens is 1. The summed E-state index contributed by atoms with van der Waals surface area (Å²) in [6.45, 7) is 5.70. The van der Waals surface area contributed by atoms with Crippen LogP contribution in [0, 0.1) is 31.6 Å². The molecular formula is C22H26ClN3O2. The van der Waals surface area contributed by atoms with Crippen LogP contribution in [0.25, 0.3) is 11.1 Å². The zero-order valence-corrected chi connectivity index (χ0v) is 17.3. The van der Waals surface area contributed by atoms with Gasteiger partial charge in [0.1, 0.15) is 0 Å². The van der Waals surface area contributed by atoms with E-state index < -0.39 is 0 Å². The molecule has 2 aromatic rings. The molecule has 0 unspecified atom stereocenters. The number of aromatic nitrogens is 2. The molecule has 2 fully saturated rings. The van der Waals surface area contributed by atoms with E-state index in [1.807, 2.05) is 13.0 Å². The summed E-state index contributed by atoms with van der Waals surface area (Å²) < 4.78 is 0. The number of amides is 1. The summed E-state index contributed by atoms with van der Waals surface area (Å²) in [4.78, 5) is 25.0. The molecule has 0 spiro atoms. The lowest BCUT2D eigenvalue weighted by atomic mass is 9.84. The minimum Gasteiger partial charge on any atom is -0.349 e. The van der Waals surface area contributed by atoms with Gasteiger partial charge in [0, 0.05) is 17.2 Å². The van der Waals surface area contributed by atoms with Crippen LogP contribution in [0.3, 0.4) is 0 Å². The van der Waals surface area contributed by atoms with Gasteiger partial charge in [-0.1, -0.05) is 24.1 Å². The van der Waals surface area contributed by atoms with Gasteiger partial charge in [0.05, 0.1) is 16.3 Å². The summed E-state index contributed by atoms with van der Waals surface area (Å²) in [5.41, 5.74) is 3.02. The Labute approximate surface area is 169 Å². The molecule has 2 bridgehead atoms. The van der Waals surface area contributed by atoms with Crippen LogP contribution >= 0.6 is 11.6 Å². The van der Waals surface area contributed by atoms with Crippen molar-refractivity contribution in [2.75, 3.05) is 0 Å². The minimum absolute atomic E-state index is 0.132. The number of benzene rings is 1. The maximum atomic E-state index is 13.0. The van der Waals surface area contributed by atoms with Gasteiger partial charge in [0.25, 0.3) is 11.5 Å². The lowest BCUT2D eigenvalue weighted by molar-refractivity contribution is 0.0915. The molecule has 2 N–H and O–H groups in total. The van der Waals surface area contributed by atoms with Crippen LogP contribution in [0.5, 0.6) is 0 Å². The lowest BCUT2D eigenvalue weighted by Crippen LogP contribution is -2.40. The molecule has 2 saturated carbocycles. The van der Waals surface area contributed by atoms with E-state index in [1.54, 1.807) is 19.1 Å². The highest BCUT2D eigenvalue weighted by molar-refractivity contribution is 6.34. The standard InChI is InChI=1S/C22H26ClN3O2/c1-11-20(13(3)25-26-21(11)27)16-6-7-19(23)18(10-16)22(28)24-12(2)17-9-14-4-5-15(17)8-14/h6-7,10,12,14-15,17H,4-5,8-9H2,1-3H3,(H,24,28)(H,26,27)/t12-,14+,15+,17-/m0/s1. The number of aromatic amines is 1. The third-order valence-corrected chi connectivity index (χ3v) is 7.03. The summed E-state index contributed by atoms with van der Waals surface area (Å²) in [6.07, 6.45) is 5.17. The first-order chi connectivity index (χ1) is 13.3. The highest BCUT2D eigenvalue weighted by Crippen LogP contribution is 2.49. The van der Waals surface area contributed by atoms with E-state index >= 15 is 0 Å². The maximum absolute atomic E-state index is 13.0. The molecule has 28 heavy (non-hydrogen) atoms. The Morgan fingerprint density at radius 1 is 1.29 bits per heavy atom. The van der Waals surface area contributed by atoms with Gasteiger partial charge in [-0.3, -0.25) is 9.59 Å². The van der Waals surface area contributed by atoms with Crippen molar-refractivity contribution in [3.63, 3.8) is 0 Å². The van der Waals surface area contributed by atoms with Gasteiger partial charge in [0.2, 0.25) is 0 Å². The van der Waals surface area contributed by atoms with Gasteiger partial charge in [0.15, 0.2) is 0 Å². The van der Waals surface area contributed by atoms with E-state index in [0.29, 0.717) is 27.8 Å². The number of nitrogens with one attached hydrogen (secondary N) is 2. The molecule has 1 amide bonds. The fourth-order valence-electron chi connectivity index (χ4n) is 5.24. The van der Waals surface area contributed by atoms with Crippen LogP contribution in [0.15, 0.2) is 23.0 Å². The molecular weight excluding hydrogens is 374 g/mol. The summed E-state index contributed by atoms with van der Waals surface area (Å²) >= 11 is 6.35. The zero-order valence-electron chi connectivity index (χ0n) is 16.5. The number of hydrogen-bond donors (Lipinski definition) is 2. The Hall–Kier alpha value is -2.14. The van der Waals surface area contributed by atoms with Gasteiger partial charge < -0.3 is 5.32 Å². The van der Waals surface area contributed by atoms with Crippen LogP contribution in [0.2, 0.25) is 5.02 Å². The second-order valence-electron chi connectivity index (χ2n) is 8.43. The molecule has 4 atom stereocenters. The fraction of sp³-hybridized carbons (Fsp3) is 0.500. The first-order valence-corrected chi connectivity index (χ1v) is 10.4. The number of nitrogens with zero attached hydrogens (tertiary/aromatic N) is 1. The van der Waals surface area contributed by atoms with E-state index in [9.17, 15) is 9.59 Å². The number of carbonyl (C=O) groups is 1. The first kappa shape index (κ1) is 19.2. The number of halogens is 1. The summed E-state index contributed by atoms with van der Waals surface area (Å²) in [5.74, 6) is 1.99. The summed E-state index contributed by atoms with van der Waals surface area (Å²) in [7, 11) is 0. The van der Waals surface area contributed by atoms with E-state index in [0.717, 1.165) is 23.0 Å². The van der Waals surface area contributed by atoms with Crippen LogP contribution in [-0.2, 0) is 0 Å². The van der Waals surface area contributed by atoms with Crippen molar-refractivity contribution in [3.05, 3.63) is 50.4 Å². The Morgan fingerprint density at radius 2 is 2.07 bits per heavy atom. The van der Waals surface area contributed by atoms with E-state index in [4.69, 9.17) is 11.6 Å². The first-order valence-electron chi connectivity index (χ1n) is 10.0. The van der Waals surface area contributed by atoms with Crippen LogP contribution in [-0.4, -0.2) is 22.1 Å². The van der Waals surface area contributed by atoms with Crippen molar-refractivity contribution >= 4 is 17.5 Å². The van der Waals surface area contributed by atoms with E-state index in [2.05, 4.69) is 22.4 Å². The Balaban J connectivity index is 1.60. The van der Waals surface area contributed by atoms with Gasteiger partial charge in [-0.25, -0.2) is 5.10 Å². The molecule has 0 saturated heterocycles. The molecule has 148 valence electrons. The highest BCUT2D eigenvalue weighted by atomic mass is 35.5. The molecule has 1 heterocycles. The van der Waals surface area contributed by atoms with Crippen LogP contribution < -0.4 is 10.9 Å². The second-order valence-corrected chi connectivity index (χ2v) is 8.84. The monoisotopic (exact) mass is 399 g/mol. The lowest BCUT2D eigenvalue weighted by Gasteiger charge is -2.28. The summed E-state index contributed by atoms with van der Waals surface area (Å²) in [6, 6.07) is 5.44. The van der Waals surface area contributed by atoms with E-state index in [1.165, 1.54) is 25.7 Å². The van der Waals surface area contributed by atoms with Gasteiger partial charge in [-0.15, -0.1) is 0 Å². The zero-order chi connectivity index (χ0) is 20.0. The Kier molecular flexibility index (Phi) is 5.04. The molecule has 0 aliphatic heterocycles. The van der Waals surface area contributed by atoms with Crippen molar-refractivity contribution in [2.45, 2.75) is 52.5 Å². The number of fused-ring (bicyclic) bond motifs is 2. The average molecular weight is 400 g/mol. The molecule has 2 aliphatic rings. The minimum atomic E-state index is -0.230. The molecule has 1 aromatic carbocycles. The largest absolute Gasteiger partial charge is 0.349 e. The summed E-state index contributed by atoms with van der Waals surface area (Å²) in [5, 5.41) is 10.1. The fourth-order valence-corrected chi connectivity index (χ4v) is 5.44. The Bertz CT molecular complexity index is 984. The van der Waals surface area contributed by atoms with Gasteiger partial charge in [-0.05, 0) is 75.5 Å². The number of rotatable bonds is 4. The van der Waals surface area contributed by atoms with E-state index in [-0.39, 0.29) is 17.5 Å². The van der Waals surface area contributed by atoms with Crippen molar-refractivity contribution in [1.29, 1.82) is 0 Å². The topological polar surface area (TPSA) is 74.8 Å². The van der Waals surface area contributed by atoms with Crippen LogP contribution in [0.4, 0.5) is 0 Å². The SMILES string of the molecule is Cc1n[nH]c(=O)c(C)c1-c1ccc(Cl)c(C(=O)N[C@@H](C)[C@@H]2C[C@@H]3CC[C@@H]2C3)c1. The third kappa shape index (κ3) is 3.37. The van der Waals surface area contributed by atoms with Gasteiger partial charge in [-0.2, -0.15) is 5.10 Å². The molecule has 5 nitrogen and oxygen atoms in total. The maximum Gasteiger partial charge on any atom is 0.267 e. The van der Waals surface area contributed by atoms with Crippen molar-refractivity contribution in [3.8, 4) is 11.1 Å². The number of carbonyl (C=O) groups excluding carboxylic acids is 1. The highest BCUT2D eigenvalue weighted by Gasteiger charge is 2.42. The quantitative estimate of drug-likeness (QED) is 0.806. The third-order valence-electron chi connectivity index (χ3n) is 6.70. The molecule has 0 radical (unpaired) electrons. The molecule has 1 aromatic heterocycles. The van der Waals surface area contributed by atoms with Crippen LogP contribution in [0.1, 0.15) is 54.2 Å². The normalized spacial score (nSPS) is 24.4. The van der Waals surface area contributed by atoms with Crippen molar-refractivity contribution in [1.82, 2.24) is 15.5 Å². The van der Waals surface area contributed by atoms with Gasteiger partial charge >= 0.3 is 0 Å².